The van der Waals surface area contributed by atoms with E-state index in [4.69, 9.17) is 11.6 Å². The lowest BCUT2D eigenvalue weighted by Crippen LogP contribution is -2.10. The van der Waals surface area contributed by atoms with Crippen LogP contribution >= 0.6 is 22.9 Å². The molecule has 0 aliphatic rings. The van der Waals surface area contributed by atoms with Crippen LogP contribution in [-0.4, -0.2) is 12.5 Å². The lowest BCUT2D eigenvalue weighted by atomic mass is 10.1. The lowest BCUT2D eigenvalue weighted by molar-refractivity contribution is 0.103. The number of halogens is 1. The third kappa shape index (κ3) is 4.60. The Morgan fingerprint density at radius 3 is 2.50 bits per heavy atom. The Kier molecular flexibility index (Phi) is 5.51. The fourth-order valence-corrected chi connectivity index (χ4v) is 3.15. The van der Waals surface area contributed by atoms with Crippen LogP contribution in [-0.2, 0) is 6.42 Å². The van der Waals surface area contributed by atoms with Crippen molar-refractivity contribution in [2.45, 2.75) is 6.42 Å². The minimum atomic E-state index is -0.0772. The van der Waals surface area contributed by atoms with Gasteiger partial charge in [0.05, 0.1) is 4.88 Å². The SMILES string of the molecule is O=C(Nc1ccc(NCCc2cccc(Cl)c2)cc1)c1cccs1. The molecule has 1 aromatic heterocycles. The van der Waals surface area contributed by atoms with E-state index in [1.165, 1.54) is 16.9 Å². The van der Waals surface area contributed by atoms with Crippen molar-refractivity contribution in [1.29, 1.82) is 0 Å². The molecule has 3 aromatic rings. The average Bonchev–Trinajstić information content (AvgIpc) is 3.11. The summed E-state index contributed by atoms with van der Waals surface area (Å²) in [6.07, 6.45) is 0.900. The first-order valence-corrected chi connectivity index (χ1v) is 8.90. The zero-order chi connectivity index (χ0) is 16.8. The maximum Gasteiger partial charge on any atom is 0.265 e. The molecular weight excluding hydrogens is 340 g/mol. The van der Waals surface area contributed by atoms with Crippen LogP contribution in [0.5, 0.6) is 0 Å². The maximum absolute atomic E-state index is 12.0. The molecule has 0 saturated carbocycles. The van der Waals surface area contributed by atoms with Gasteiger partial charge >= 0.3 is 0 Å². The van der Waals surface area contributed by atoms with Gasteiger partial charge in [-0.25, -0.2) is 0 Å². The molecule has 122 valence electrons. The van der Waals surface area contributed by atoms with E-state index in [9.17, 15) is 4.79 Å². The topological polar surface area (TPSA) is 41.1 Å². The summed E-state index contributed by atoms with van der Waals surface area (Å²) in [5, 5.41) is 8.91. The fraction of sp³-hybridized carbons (Fsp3) is 0.105. The molecule has 24 heavy (non-hydrogen) atoms. The molecule has 1 heterocycles. The Morgan fingerprint density at radius 2 is 1.79 bits per heavy atom. The molecular formula is C19H17ClN2OS. The van der Waals surface area contributed by atoms with Crippen LogP contribution in [0.1, 0.15) is 15.2 Å². The molecule has 0 saturated heterocycles. The van der Waals surface area contributed by atoms with E-state index in [1.807, 2.05) is 60.0 Å². The second-order valence-electron chi connectivity index (χ2n) is 5.32. The third-order valence-corrected chi connectivity index (χ3v) is 4.62. The predicted molar refractivity (Wildman–Crippen MR) is 102 cm³/mol. The minimum absolute atomic E-state index is 0.0772. The van der Waals surface area contributed by atoms with E-state index in [2.05, 4.69) is 16.7 Å². The summed E-state index contributed by atoms with van der Waals surface area (Å²) < 4.78 is 0. The van der Waals surface area contributed by atoms with Gasteiger partial charge < -0.3 is 10.6 Å². The molecule has 1 amide bonds. The van der Waals surface area contributed by atoms with E-state index in [0.29, 0.717) is 4.88 Å². The summed E-state index contributed by atoms with van der Waals surface area (Å²) >= 11 is 7.41. The highest BCUT2D eigenvalue weighted by atomic mass is 35.5. The summed E-state index contributed by atoms with van der Waals surface area (Å²) in [6.45, 7) is 0.821. The number of amides is 1. The van der Waals surface area contributed by atoms with Crippen molar-refractivity contribution in [1.82, 2.24) is 0 Å². The highest BCUT2D eigenvalue weighted by Crippen LogP contribution is 2.17. The number of thiophene rings is 1. The fourth-order valence-electron chi connectivity index (χ4n) is 2.32. The predicted octanol–water partition coefficient (Wildman–Crippen LogP) is 5.31. The van der Waals surface area contributed by atoms with Crippen LogP contribution in [0.25, 0.3) is 0 Å². The number of rotatable bonds is 6. The monoisotopic (exact) mass is 356 g/mol. The maximum atomic E-state index is 12.0. The molecule has 0 unspecified atom stereocenters. The zero-order valence-electron chi connectivity index (χ0n) is 13.0. The van der Waals surface area contributed by atoms with Gasteiger partial charge in [-0.05, 0) is 59.8 Å². The number of benzene rings is 2. The Bertz CT molecular complexity index is 800. The van der Waals surface area contributed by atoms with E-state index in [-0.39, 0.29) is 5.91 Å². The molecule has 3 rings (SSSR count). The molecule has 0 aliphatic heterocycles. The van der Waals surface area contributed by atoms with Crippen molar-refractivity contribution in [3.8, 4) is 0 Å². The Labute approximate surface area is 150 Å². The number of nitrogens with one attached hydrogen (secondary N) is 2. The van der Waals surface area contributed by atoms with Crippen LogP contribution in [0.3, 0.4) is 0 Å². The van der Waals surface area contributed by atoms with Crippen LogP contribution in [0.2, 0.25) is 5.02 Å². The van der Waals surface area contributed by atoms with Crippen molar-refractivity contribution < 1.29 is 4.79 Å². The minimum Gasteiger partial charge on any atom is -0.385 e. The normalized spacial score (nSPS) is 10.4. The van der Waals surface area contributed by atoms with Gasteiger partial charge in [0.2, 0.25) is 0 Å². The smallest absolute Gasteiger partial charge is 0.265 e. The van der Waals surface area contributed by atoms with Crippen molar-refractivity contribution >= 4 is 40.2 Å². The first-order chi connectivity index (χ1) is 11.7. The quantitative estimate of drug-likeness (QED) is 0.628. The van der Waals surface area contributed by atoms with E-state index in [1.54, 1.807) is 0 Å². The molecule has 0 atom stereocenters. The number of carbonyl (C=O) groups is 1. The molecule has 0 spiro atoms. The highest BCUT2D eigenvalue weighted by molar-refractivity contribution is 7.12. The number of hydrogen-bond acceptors (Lipinski definition) is 3. The summed E-state index contributed by atoms with van der Waals surface area (Å²) in [7, 11) is 0. The van der Waals surface area contributed by atoms with Crippen LogP contribution in [0.4, 0.5) is 11.4 Å². The number of anilines is 2. The first kappa shape index (κ1) is 16.6. The largest absolute Gasteiger partial charge is 0.385 e. The van der Waals surface area contributed by atoms with E-state index >= 15 is 0 Å². The summed E-state index contributed by atoms with van der Waals surface area (Å²) in [6, 6.07) is 19.3. The molecule has 2 N–H and O–H groups in total. The summed E-state index contributed by atoms with van der Waals surface area (Å²) in [5.74, 6) is -0.0772. The molecule has 0 fully saturated rings. The second kappa shape index (κ2) is 7.99. The van der Waals surface area contributed by atoms with Crippen molar-refractivity contribution in [2.24, 2.45) is 0 Å². The lowest BCUT2D eigenvalue weighted by Gasteiger charge is -2.08. The molecule has 0 bridgehead atoms. The van der Waals surface area contributed by atoms with Gasteiger partial charge in [-0.15, -0.1) is 11.3 Å². The van der Waals surface area contributed by atoms with Gasteiger partial charge in [-0.2, -0.15) is 0 Å². The van der Waals surface area contributed by atoms with Crippen molar-refractivity contribution in [2.75, 3.05) is 17.2 Å². The Hall–Kier alpha value is -2.30. The van der Waals surface area contributed by atoms with Gasteiger partial charge in [-0.1, -0.05) is 29.8 Å². The van der Waals surface area contributed by atoms with Crippen molar-refractivity contribution in [3.63, 3.8) is 0 Å². The summed E-state index contributed by atoms with van der Waals surface area (Å²) in [4.78, 5) is 12.7. The zero-order valence-corrected chi connectivity index (χ0v) is 14.5. The Morgan fingerprint density at radius 1 is 1.00 bits per heavy atom. The van der Waals surface area contributed by atoms with Crippen LogP contribution in [0, 0.1) is 0 Å². The Balaban J connectivity index is 1.50. The molecule has 0 radical (unpaired) electrons. The number of hydrogen-bond donors (Lipinski definition) is 2. The molecule has 2 aromatic carbocycles. The highest BCUT2D eigenvalue weighted by Gasteiger charge is 2.06. The van der Waals surface area contributed by atoms with Gasteiger partial charge in [0.1, 0.15) is 0 Å². The third-order valence-electron chi connectivity index (χ3n) is 3.52. The number of carbonyl (C=O) groups excluding carboxylic acids is 1. The van der Waals surface area contributed by atoms with E-state index in [0.717, 1.165) is 29.4 Å². The van der Waals surface area contributed by atoms with Gasteiger partial charge in [0.25, 0.3) is 5.91 Å². The molecule has 0 aliphatic carbocycles. The molecule has 5 heteroatoms. The van der Waals surface area contributed by atoms with Gasteiger partial charge in [0.15, 0.2) is 0 Å². The van der Waals surface area contributed by atoms with Crippen LogP contribution in [0.15, 0.2) is 66.0 Å². The van der Waals surface area contributed by atoms with Gasteiger partial charge in [0, 0.05) is 22.9 Å². The van der Waals surface area contributed by atoms with Gasteiger partial charge in [-0.3, -0.25) is 4.79 Å². The van der Waals surface area contributed by atoms with E-state index < -0.39 is 0 Å². The molecule has 3 nitrogen and oxygen atoms in total. The summed E-state index contributed by atoms with van der Waals surface area (Å²) in [5.41, 5.74) is 3.01. The average molecular weight is 357 g/mol. The van der Waals surface area contributed by atoms with Crippen LogP contribution < -0.4 is 10.6 Å². The van der Waals surface area contributed by atoms with Crippen molar-refractivity contribution in [3.05, 3.63) is 81.5 Å². The standard InChI is InChI=1S/C19H17ClN2OS/c20-15-4-1-3-14(13-15)10-11-21-16-6-8-17(9-7-16)22-19(23)18-5-2-12-24-18/h1-9,12-13,21H,10-11H2,(H,22,23). The second-order valence-corrected chi connectivity index (χ2v) is 6.70. The first-order valence-electron chi connectivity index (χ1n) is 7.64.